The van der Waals surface area contributed by atoms with Crippen molar-refractivity contribution in [2.24, 2.45) is 0 Å². The maximum absolute atomic E-state index is 13.6. The minimum atomic E-state index is -0.655. The second-order valence-corrected chi connectivity index (χ2v) is 3.64. The molecule has 0 spiro atoms. The molecule has 0 saturated heterocycles. The summed E-state index contributed by atoms with van der Waals surface area (Å²) in [5.74, 6) is -1.27. The zero-order valence-electron chi connectivity index (χ0n) is 9.91. The van der Waals surface area contributed by atoms with Crippen LogP contribution < -0.4 is 5.32 Å². The Hall–Kier alpha value is -1.91. The molecule has 0 aliphatic rings. The first-order valence-electron chi connectivity index (χ1n) is 5.10. The lowest BCUT2D eigenvalue weighted by Crippen LogP contribution is -2.27. The number of nitrogens with one attached hydrogen (secondary N) is 1. The van der Waals surface area contributed by atoms with Crippen molar-refractivity contribution < 1.29 is 18.7 Å². The highest BCUT2D eigenvalue weighted by molar-refractivity contribution is 5.94. The third-order valence-corrected chi connectivity index (χ3v) is 2.30. The fourth-order valence-electron chi connectivity index (χ4n) is 1.32. The van der Waals surface area contributed by atoms with E-state index >= 15 is 0 Å². The average molecular weight is 239 g/mol. The summed E-state index contributed by atoms with van der Waals surface area (Å²) in [6.45, 7) is 2.92. The topological polar surface area (TPSA) is 55.4 Å². The van der Waals surface area contributed by atoms with E-state index in [1.165, 1.54) is 26.2 Å². The van der Waals surface area contributed by atoms with Crippen LogP contribution in [-0.4, -0.2) is 24.9 Å². The van der Waals surface area contributed by atoms with Crippen LogP contribution >= 0.6 is 0 Å². The second kappa shape index (κ2) is 5.43. The molecule has 1 atom stereocenters. The van der Waals surface area contributed by atoms with Gasteiger partial charge in [0.15, 0.2) is 5.78 Å². The van der Waals surface area contributed by atoms with Crippen LogP contribution in [0.25, 0.3) is 0 Å². The predicted molar refractivity (Wildman–Crippen MR) is 61.5 cm³/mol. The summed E-state index contributed by atoms with van der Waals surface area (Å²) in [6, 6.07) is 3.40. The minimum Gasteiger partial charge on any atom is -0.467 e. The molecule has 0 aromatic heterocycles. The van der Waals surface area contributed by atoms with Crippen LogP contribution in [0.1, 0.15) is 24.2 Å². The van der Waals surface area contributed by atoms with Gasteiger partial charge in [0.1, 0.15) is 11.9 Å². The summed E-state index contributed by atoms with van der Waals surface area (Å²) in [6.07, 6.45) is 0. The van der Waals surface area contributed by atoms with Crippen LogP contribution in [0.15, 0.2) is 18.2 Å². The summed E-state index contributed by atoms with van der Waals surface area (Å²) in [7, 11) is 1.26. The molecule has 0 bridgehead atoms. The van der Waals surface area contributed by atoms with Gasteiger partial charge in [-0.05, 0) is 32.0 Å². The van der Waals surface area contributed by atoms with Gasteiger partial charge in [-0.25, -0.2) is 9.18 Å². The maximum Gasteiger partial charge on any atom is 0.327 e. The summed E-state index contributed by atoms with van der Waals surface area (Å²) in [5, 5.41) is 2.67. The number of Topliss-reactive ketones (excluding diaryl/α,β-unsaturated/α-hetero) is 1. The average Bonchev–Trinajstić information content (AvgIpc) is 2.30. The van der Waals surface area contributed by atoms with E-state index in [2.05, 4.69) is 10.1 Å². The van der Waals surface area contributed by atoms with Gasteiger partial charge in [-0.3, -0.25) is 4.79 Å². The highest BCUT2D eigenvalue weighted by Gasteiger charge is 2.15. The Morgan fingerprint density at radius 3 is 2.53 bits per heavy atom. The molecule has 5 heteroatoms. The molecule has 0 fully saturated rings. The summed E-state index contributed by atoms with van der Waals surface area (Å²) in [5.41, 5.74) is 0.451. The Kier molecular flexibility index (Phi) is 4.20. The van der Waals surface area contributed by atoms with E-state index in [0.717, 1.165) is 6.07 Å². The number of carbonyl (C=O) groups is 2. The molecule has 1 unspecified atom stereocenters. The molecule has 0 heterocycles. The number of hydrogen-bond donors (Lipinski definition) is 1. The van der Waals surface area contributed by atoms with E-state index < -0.39 is 17.8 Å². The van der Waals surface area contributed by atoms with Crippen molar-refractivity contribution in [2.75, 3.05) is 12.4 Å². The number of halogens is 1. The molecule has 4 nitrogen and oxygen atoms in total. The third-order valence-electron chi connectivity index (χ3n) is 2.30. The minimum absolute atomic E-state index is 0.160. The standard InChI is InChI=1S/C12H14FNO3/c1-7(12(16)17-3)14-11-5-4-9(8(2)15)6-10(11)13/h4-7,14H,1-3H3. The van der Waals surface area contributed by atoms with Crippen LogP contribution in [0.2, 0.25) is 0 Å². The molecule has 0 radical (unpaired) electrons. The van der Waals surface area contributed by atoms with E-state index in [4.69, 9.17) is 0 Å². The monoisotopic (exact) mass is 239 g/mol. The van der Waals surface area contributed by atoms with Crippen LogP contribution in [0, 0.1) is 5.82 Å². The first-order valence-corrected chi connectivity index (χ1v) is 5.10. The lowest BCUT2D eigenvalue weighted by atomic mass is 10.1. The number of ketones is 1. The number of rotatable bonds is 4. The van der Waals surface area contributed by atoms with Gasteiger partial charge in [-0.15, -0.1) is 0 Å². The Morgan fingerprint density at radius 2 is 2.06 bits per heavy atom. The van der Waals surface area contributed by atoms with Crippen LogP contribution in [0.3, 0.4) is 0 Å². The zero-order valence-corrected chi connectivity index (χ0v) is 9.91. The van der Waals surface area contributed by atoms with Gasteiger partial charge in [0.05, 0.1) is 12.8 Å². The first kappa shape index (κ1) is 13.2. The molecule has 92 valence electrons. The van der Waals surface area contributed by atoms with Gasteiger partial charge in [0.2, 0.25) is 0 Å². The van der Waals surface area contributed by atoms with Crippen molar-refractivity contribution in [3.05, 3.63) is 29.6 Å². The summed E-state index contributed by atoms with van der Waals surface area (Å²) < 4.78 is 18.1. The van der Waals surface area contributed by atoms with Crippen LogP contribution in [-0.2, 0) is 9.53 Å². The predicted octanol–water partition coefficient (Wildman–Crippen LogP) is 2.00. The molecule has 0 aliphatic carbocycles. The molecule has 0 saturated carbocycles. The highest BCUT2D eigenvalue weighted by Crippen LogP contribution is 2.17. The summed E-state index contributed by atoms with van der Waals surface area (Å²) in [4.78, 5) is 22.2. The molecular weight excluding hydrogens is 225 g/mol. The van der Waals surface area contributed by atoms with Gasteiger partial charge in [-0.1, -0.05) is 0 Å². The molecule has 1 aromatic rings. The number of hydrogen-bond acceptors (Lipinski definition) is 4. The van der Waals surface area contributed by atoms with Gasteiger partial charge >= 0.3 is 5.97 Å². The largest absolute Gasteiger partial charge is 0.467 e. The number of benzene rings is 1. The molecular formula is C12H14FNO3. The van der Waals surface area contributed by atoms with E-state index in [1.54, 1.807) is 6.92 Å². The fraction of sp³-hybridized carbons (Fsp3) is 0.333. The Labute approximate surface area is 98.8 Å². The normalized spacial score (nSPS) is 11.8. The zero-order chi connectivity index (χ0) is 13.0. The lowest BCUT2D eigenvalue weighted by Gasteiger charge is -2.13. The SMILES string of the molecule is COC(=O)C(C)Nc1ccc(C(C)=O)cc1F. The number of esters is 1. The number of methoxy groups -OCH3 is 1. The van der Waals surface area contributed by atoms with Crippen LogP contribution in [0.4, 0.5) is 10.1 Å². The highest BCUT2D eigenvalue weighted by atomic mass is 19.1. The second-order valence-electron chi connectivity index (χ2n) is 3.64. The van der Waals surface area contributed by atoms with Gasteiger partial charge in [0.25, 0.3) is 0 Å². The molecule has 17 heavy (non-hydrogen) atoms. The van der Waals surface area contributed by atoms with E-state index in [1.807, 2.05) is 0 Å². The van der Waals surface area contributed by atoms with Crippen LogP contribution in [0.5, 0.6) is 0 Å². The molecule has 1 N–H and O–H groups in total. The Bertz CT molecular complexity index is 445. The van der Waals surface area contributed by atoms with E-state index in [9.17, 15) is 14.0 Å². The van der Waals surface area contributed by atoms with Gasteiger partial charge in [0, 0.05) is 5.56 Å². The van der Waals surface area contributed by atoms with E-state index in [0.29, 0.717) is 5.56 Å². The fourth-order valence-corrected chi connectivity index (χ4v) is 1.32. The van der Waals surface area contributed by atoms with Crippen molar-refractivity contribution in [3.8, 4) is 0 Å². The van der Waals surface area contributed by atoms with Gasteiger partial charge < -0.3 is 10.1 Å². The van der Waals surface area contributed by atoms with Crippen molar-refractivity contribution >= 4 is 17.4 Å². The van der Waals surface area contributed by atoms with Crippen molar-refractivity contribution in [1.29, 1.82) is 0 Å². The first-order chi connectivity index (χ1) is 7.95. The molecule has 1 rings (SSSR count). The lowest BCUT2D eigenvalue weighted by molar-refractivity contribution is -0.141. The van der Waals surface area contributed by atoms with Gasteiger partial charge in [-0.2, -0.15) is 0 Å². The number of anilines is 1. The molecule has 0 aliphatic heterocycles. The summed E-state index contributed by atoms with van der Waals surface area (Å²) >= 11 is 0. The molecule has 0 amide bonds. The van der Waals surface area contributed by atoms with Crippen molar-refractivity contribution in [3.63, 3.8) is 0 Å². The third kappa shape index (κ3) is 3.27. The van der Waals surface area contributed by atoms with E-state index in [-0.39, 0.29) is 11.5 Å². The maximum atomic E-state index is 13.6. The van der Waals surface area contributed by atoms with Crippen molar-refractivity contribution in [1.82, 2.24) is 0 Å². The number of carbonyl (C=O) groups excluding carboxylic acids is 2. The molecule has 1 aromatic carbocycles. The smallest absolute Gasteiger partial charge is 0.327 e. The number of ether oxygens (including phenoxy) is 1. The quantitative estimate of drug-likeness (QED) is 0.645. The Balaban J connectivity index is 2.86. The Morgan fingerprint density at radius 1 is 1.41 bits per heavy atom. The van der Waals surface area contributed by atoms with Crippen molar-refractivity contribution in [2.45, 2.75) is 19.9 Å².